The molecule has 6 N–H and O–H groups in total. The number of hydrogen-bond acceptors (Lipinski definition) is 5. The van der Waals surface area contributed by atoms with Crippen LogP contribution in [0.2, 0.25) is 0 Å². The first-order valence-electron chi connectivity index (χ1n) is 22.1. The van der Waals surface area contributed by atoms with Crippen molar-refractivity contribution in [3.05, 3.63) is 43.2 Å². The summed E-state index contributed by atoms with van der Waals surface area (Å²) < 4.78 is 3.06. The lowest BCUT2D eigenvalue weighted by Gasteiger charge is -2.35. The van der Waals surface area contributed by atoms with E-state index in [1.54, 1.807) is 11.1 Å². The predicted octanol–water partition coefficient (Wildman–Crippen LogP) is 8.20. The van der Waals surface area contributed by atoms with Crippen LogP contribution in [0.4, 0.5) is 0 Å². The lowest BCUT2D eigenvalue weighted by Crippen LogP contribution is -2.55. The van der Waals surface area contributed by atoms with Gasteiger partial charge in [-0.3, -0.25) is 19.2 Å². The van der Waals surface area contributed by atoms with E-state index in [4.69, 9.17) is 5.73 Å². The highest BCUT2D eigenvalue weighted by molar-refractivity contribution is 8.13. The molecule has 6 fully saturated rings. The van der Waals surface area contributed by atoms with Crippen molar-refractivity contribution >= 4 is 51.1 Å². The van der Waals surface area contributed by atoms with Crippen LogP contribution in [-0.2, 0) is 19.2 Å². The molecule has 4 amide bonds. The van der Waals surface area contributed by atoms with Crippen LogP contribution < -0.4 is 21.1 Å². The number of primary amides is 1. The van der Waals surface area contributed by atoms with Gasteiger partial charge in [0.05, 0.1) is 5.52 Å². The van der Waals surface area contributed by atoms with Crippen LogP contribution in [0.1, 0.15) is 132 Å². The third-order valence-corrected chi connectivity index (χ3v) is 16.6. The van der Waals surface area contributed by atoms with Gasteiger partial charge in [-0.2, -0.15) is 0 Å². The Morgan fingerprint density at radius 1 is 1.02 bits per heavy atom. The second-order valence-corrected chi connectivity index (χ2v) is 21.4. The summed E-state index contributed by atoms with van der Waals surface area (Å²) in [6.45, 7) is 19.4. The second kappa shape index (κ2) is 17.2. The molecule has 58 heavy (non-hydrogen) atoms. The van der Waals surface area contributed by atoms with Gasteiger partial charge in [-0.25, -0.2) is 0 Å². The van der Waals surface area contributed by atoms with Crippen LogP contribution in [0.25, 0.3) is 10.9 Å². The summed E-state index contributed by atoms with van der Waals surface area (Å²) in [5.41, 5.74) is 7.03. The number of amides is 4. The van der Waals surface area contributed by atoms with Crippen LogP contribution in [0.5, 0.6) is 0 Å². The van der Waals surface area contributed by atoms with E-state index in [1.165, 1.54) is 51.4 Å². The molecule has 1 saturated heterocycles. The fourth-order valence-electron chi connectivity index (χ4n) is 11.0. The van der Waals surface area contributed by atoms with Crippen molar-refractivity contribution in [3.8, 4) is 0 Å². The number of nitrogens with one attached hydrogen (secondary N) is 4. The van der Waals surface area contributed by atoms with Gasteiger partial charge in [0.2, 0.25) is 23.6 Å². The molecule has 2 aromatic rings. The molecule has 8 rings (SSSR count). The number of likely N-dealkylation sites (tertiary alicyclic amines) is 1. The van der Waals surface area contributed by atoms with Crippen molar-refractivity contribution in [3.63, 3.8) is 0 Å². The minimum absolute atomic E-state index is 0.0368. The number of nitrogens with two attached hydrogens (primary N) is 1. The molecule has 0 bridgehead atoms. The summed E-state index contributed by atoms with van der Waals surface area (Å²) in [6.07, 6.45) is 18.9. The molecule has 2 spiro atoms. The summed E-state index contributed by atoms with van der Waals surface area (Å²) in [6, 6.07) is 7.62. The molecular formula is C47H72N6O4S. The topological polar surface area (TPSA) is 149 Å². The number of nitrogens with zero attached hydrogens (tertiary/aromatic N) is 1. The van der Waals surface area contributed by atoms with Crippen LogP contribution in [-0.4, -0.2) is 64.1 Å². The number of fused-ring (bicyclic) bond motifs is 2. The van der Waals surface area contributed by atoms with E-state index in [1.807, 2.05) is 45.2 Å². The molecule has 1 aromatic heterocycles. The number of rotatable bonds is 11. The lowest BCUT2D eigenvalue weighted by molar-refractivity contribution is -0.141. The zero-order chi connectivity index (χ0) is 42.2. The molecule has 5 saturated carbocycles. The van der Waals surface area contributed by atoms with Crippen molar-refractivity contribution in [1.29, 1.82) is 0 Å². The minimum atomic E-state index is -0.497. The zero-order valence-electron chi connectivity index (χ0n) is 36.4. The third-order valence-electron chi connectivity index (χ3n) is 15.3. The quantitative estimate of drug-likeness (QED) is 0.145. The zero-order valence-corrected chi connectivity index (χ0v) is 37.2. The largest absolute Gasteiger partial charge is 0.380 e. The van der Waals surface area contributed by atoms with E-state index < -0.39 is 22.8 Å². The average molecular weight is 817 g/mol. The molecule has 6 aliphatic rings. The van der Waals surface area contributed by atoms with E-state index in [0.717, 1.165) is 47.4 Å². The number of aromatic amines is 1. The Morgan fingerprint density at radius 2 is 1.71 bits per heavy atom. The van der Waals surface area contributed by atoms with E-state index in [9.17, 15) is 19.2 Å². The highest BCUT2D eigenvalue weighted by Gasteiger charge is 2.85. The normalized spacial score (nSPS) is 28.1. The van der Waals surface area contributed by atoms with E-state index in [0.29, 0.717) is 42.2 Å². The van der Waals surface area contributed by atoms with Crippen LogP contribution in [0.3, 0.4) is 0 Å². The SMILES string of the molecule is C=CN[C@H](C(=O)N1CC2(CC1C(N)=O)C(C)(C)C21CCC1)C(C)(C)C.C=S(NC(=O)C1CC1CC)c1cccc2cc[nH]c12.CC(NC(=O)C1CC1)C1CCCCC1. The van der Waals surface area contributed by atoms with Gasteiger partial charge in [-0.1, -0.05) is 109 Å². The summed E-state index contributed by atoms with van der Waals surface area (Å²) in [5, 5.41) is 7.43. The number of benzene rings is 1. The molecule has 2 heterocycles. The number of hydrogen-bond donors (Lipinski definition) is 5. The Labute approximate surface area is 350 Å². The Balaban J connectivity index is 0.000000153. The molecule has 6 unspecified atom stereocenters. The molecule has 320 valence electrons. The molecule has 10 nitrogen and oxygen atoms in total. The average Bonchev–Trinajstić information content (AvgIpc) is 4.11. The molecule has 11 heteroatoms. The van der Waals surface area contributed by atoms with Gasteiger partial charge in [-0.15, -0.1) is 0 Å². The van der Waals surface area contributed by atoms with Gasteiger partial charge < -0.3 is 31.0 Å². The number of aromatic nitrogens is 1. The second-order valence-electron chi connectivity index (χ2n) is 19.9. The number of carbonyl (C=O) groups excluding carboxylic acids is 4. The minimum Gasteiger partial charge on any atom is -0.380 e. The number of para-hydroxylation sites is 1. The van der Waals surface area contributed by atoms with Gasteiger partial charge in [0.25, 0.3) is 0 Å². The fourth-order valence-corrected chi connectivity index (χ4v) is 12.2. The van der Waals surface area contributed by atoms with Gasteiger partial charge >= 0.3 is 0 Å². The highest BCUT2D eigenvalue weighted by Crippen LogP contribution is 2.88. The molecule has 1 aromatic carbocycles. The summed E-state index contributed by atoms with van der Waals surface area (Å²) in [5.74, 6) is 6.06. The van der Waals surface area contributed by atoms with E-state index >= 15 is 0 Å². The fraction of sp³-hybridized carbons (Fsp3) is 0.681. The molecular weight excluding hydrogens is 745 g/mol. The Hall–Kier alpha value is -3.60. The summed E-state index contributed by atoms with van der Waals surface area (Å²) >= 11 is 0. The lowest BCUT2D eigenvalue weighted by atomic mass is 9.73. The maximum atomic E-state index is 13.3. The van der Waals surface area contributed by atoms with Gasteiger partial charge in [0, 0.05) is 46.3 Å². The standard InChI is InChI=1S/C20H33N3O2.C15H18N2OS.C12H21NO/c1-7-22-14(17(2,3)4)16(25)23-12-20(11-13(23)15(21)24)18(5,6)19(20)9-8-10-19;1-3-10-9-12(10)15(18)17-19(2)13-6-4-5-11-7-8-16-14(11)13;1-9(10-5-3-2-4-6-10)13-12(14)11-7-8-11/h7,13-14,22H,1,8-12H2,2-6H3,(H2,21,24);4-8,10,12,16H,2-3,9H2,1H3,(H,17,18);9-11H,2-8H2,1H3,(H,13,14)/t13?,14-,20?;;/m1../s1. The van der Waals surface area contributed by atoms with Crippen LogP contribution in [0.15, 0.2) is 48.1 Å². The maximum absolute atomic E-state index is 13.3. The number of H-pyrrole nitrogens is 1. The highest BCUT2D eigenvalue weighted by atomic mass is 32.2. The van der Waals surface area contributed by atoms with E-state index in [2.05, 4.69) is 66.6 Å². The molecule has 7 atom stereocenters. The van der Waals surface area contributed by atoms with Crippen molar-refractivity contribution in [1.82, 2.24) is 25.2 Å². The van der Waals surface area contributed by atoms with Gasteiger partial charge in [0.1, 0.15) is 12.1 Å². The third kappa shape index (κ3) is 8.53. The number of carbonyl (C=O) groups is 4. The Bertz CT molecular complexity index is 1870. The maximum Gasteiger partial charge on any atom is 0.246 e. The van der Waals surface area contributed by atoms with E-state index in [-0.39, 0.29) is 39.9 Å². The summed E-state index contributed by atoms with van der Waals surface area (Å²) in [4.78, 5) is 55.2. The van der Waals surface area contributed by atoms with Gasteiger partial charge in [0.15, 0.2) is 0 Å². The first-order valence-corrected chi connectivity index (χ1v) is 23.5. The first kappa shape index (κ1) is 44.0. The monoisotopic (exact) mass is 817 g/mol. The van der Waals surface area contributed by atoms with Crippen molar-refractivity contribution < 1.29 is 19.2 Å². The predicted molar refractivity (Wildman–Crippen MR) is 237 cm³/mol. The van der Waals surface area contributed by atoms with Crippen molar-refractivity contribution in [2.45, 2.75) is 155 Å². The molecule has 1 aliphatic heterocycles. The van der Waals surface area contributed by atoms with Crippen LogP contribution in [0, 0.1) is 45.3 Å². The van der Waals surface area contributed by atoms with Gasteiger partial charge in [-0.05, 0) is 105 Å². The van der Waals surface area contributed by atoms with Crippen molar-refractivity contribution in [2.75, 3.05) is 6.54 Å². The first-order chi connectivity index (χ1) is 27.4. The Kier molecular flexibility index (Phi) is 13.0. The molecule has 5 aliphatic carbocycles. The van der Waals surface area contributed by atoms with Crippen LogP contribution >= 0.6 is 10.7 Å². The summed E-state index contributed by atoms with van der Waals surface area (Å²) in [7, 11) is -0.495. The smallest absolute Gasteiger partial charge is 0.246 e. The van der Waals surface area contributed by atoms with Crippen molar-refractivity contribution in [2.24, 2.45) is 51.1 Å². The Morgan fingerprint density at radius 3 is 2.24 bits per heavy atom. The molecule has 0 radical (unpaired) electrons.